The van der Waals surface area contributed by atoms with Crippen LogP contribution >= 0.6 is 11.6 Å². The van der Waals surface area contributed by atoms with E-state index in [9.17, 15) is 8.42 Å². The van der Waals surface area contributed by atoms with Crippen molar-refractivity contribution in [1.82, 2.24) is 4.31 Å². The van der Waals surface area contributed by atoms with Crippen molar-refractivity contribution in [3.63, 3.8) is 0 Å². The quantitative estimate of drug-likeness (QED) is 0.858. The Bertz CT molecular complexity index is 515. The van der Waals surface area contributed by atoms with Gasteiger partial charge in [-0.1, -0.05) is 30.7 Å². The SMILES string of the molecule is CCCS(=O)(=O)N1CCOC(c2ccc(Cl)cc2)C1. The van der Waals surface area contributed by atoms with Gasteiger partial charge >= 0.3 is 0 Å². The molecule has 0 saturated carbocycles. The first-order valence-electron chi connectivity index (χ1n) is 6.38. The summed E-state index contributed by atoms with van der Waals surface area (Å²) in [6.07, 6.45) is 0.420. The molecule has 0 aliphatic carbocycles. The molecule has 2 rings (SSSR count). The third-order valence-electron chi connectivity index (χ3n) is 3.13. The predicted molar refractivity (Wildman–Crippen MR) is 75.8 cm³/mol. The summed E-state index contributed by atoms with van der Waals surface area (Å²) in [5.41, 5.74) is 0.959. The molecule has 1 atom stereocenters. The third-order valence-corrected chi connectivity index (χ3v) is 5.42. The van der Waals surface area contributed by atoms with E-state index >= 15 is 0 Å². The van der Waals surface area contributed by atoms with Crippen molar-refractivity contribution in [2.75, 3.05) is 25.4 Å². The van der Waals surface area contributed by atoms with Crippen molar-refractivity contribution in [3.8, 4) is 0 Å². The first-order chi connectivity index (χ1) is 9.03. The molecule has 1 aliphatic rings. The average Bonchev–Trinajstić information content (AvgIpc) is 2.40. The van der Waals surface area contributed by atoms with Crippen LogP contribution in [0.4, 0.5) is 0 Å². The Morgan fingerprint density at radius 1 is 1.37 bits per heavy atom. The minimum absolute atomic E-state index is 0.195. The summed E-state index contributed by atoms with van der Waals surface area (Å²) in [4.78, 5) is 0. The summed E-state index contributed by atoms with van der Waals surface area (Å²) in [6.45, 7) is 3.11. The number of benzene rings is 1. The second-order valence-corrected chi connectivity index (χ2v) is 7.11. The summed E-state index contributed by atoms with van der Waals surface area (Å²) >= 11 is 5.85. The Morgan fingerprint density at radius 2 is 2.05 bits per heavy atom. The Kier molecular flexibility index (Phi) is 4.84. The van der Waals surface area contributed by atoms with E-state index in [1.165, 1.54) is 4.31 Å². The summed E-state index contributed by atoms with van der Waals surface area (Å²) in [7, 11) is -3.16. The molecule has 19 heavy (non-hydrogen) atoms. The van der Waals surface area contributed by atoms with E-state index in [0.717, 1.165) is 5.56 Å². The molecule has 0 amide bonds. The molecule has 1 heterocycles. The van der Waals surface area contributed by atoms with Gasteiger partial charge in [-0.05, 0) is 24.1 Å². The zero-order valence-corrected chi connectivity index (χ0v) is 12.5. The van der Waals surface area contributed by atoms with Crippen molar-refractivity contribution in [1.29, 1.82) is 0 Å². The van der Waals surface area contributed by atoms with E-state index in [0.29, 0.717) is 31.1 Å². The minimum atomic E-state index is -3.16. The number of nitrogens with zero attached hydrogens (tertiary/aromatic N) is 1. The van der Waals surface area contributed by atoms with Crippen LogP contribution in [0.25, 0.3) is 0 Å². The van der Waals surface area contributed by atoms with Gasteiger partial charge in [0, 0.05) is 18.1 Å². The second kappa shape index (κ2) is 6.22. The molecular formula is C13H18ClNO3S. The summed E-state index contributed by atoms with van der Waals surface area (Å²) in [5.74, 6) is 0.195. The molecule has 1 aromatic rings. The number of morpholine rings is 1. The van der Waals surface area contributed by atoms with Crippen LogP contribution in [-0.4, -0.2) is 38.2 Å². The normalized spacial score (nSPS) is 21.5. The van der Waals surface area contributed by atoms with Crippen LogP contribution < -0.4 is 0 Å². The first-order valence-corrected chi connectivity index (χ1v) is 8.36. The van der Waals surface area contributed by atoms with Gasteiger partial charge in [0.05, 0.1) is 18.5 Å². The van der Waals surface area contributed by atoms with Crippen LogP contribution in [0.3, 0.4) is 0 Å². The van der Waals surface area contributed by atoms with E-state index in [-0.39, 0.29) is 11.9 Å². The molecular weight excluding hydrogens is 286 g/mol. The van der Waals surface area contributed by atoms with Gasteiger partial charge in [0.25, 0.3) is 0 Å². The summed E-state index contributed by atoms with van der Waals surface area (Å²) in [5, 5.41) is 0.662. The van der Waals surface area contributed by atoms with Gasteiger partial charge in [0.2, 0.25) is 10.0 Å². The molecule has 4 nitrogen and oxygen atoms in total. The lowest BCUT2D eigenvalue weighted by molar-refractivity contribution is -0.00253. The lowest BCUT2D eigenvalue weighted by atomic mass is 10.1. The Morgan fingerprint density at radius 3 is 2.68 bits per heavy atom. The number of halogens is 1. The van der Waals surface area contributed by atoms with Crippen LogP contribution in [0.1, 0.15) is 25.0 Å². The molecule has 106 valence electrons. The summed E-state index contributed by atoms with van der Waals surface area (Å²) in [6, 6.07) is 7.34. The van der Waals surface area contributed by atoms with Gasteiger partial charge < -0.3 is 4.74 Å². The van der Waals surface area contributed by atoms with Crippen molar-refractivity contribution in [2.24, 2.45) is 0 Å². The van der Waals surface area contributed by atoms with Crippen molar-refractivity contribution >= 4 is 21.6 Å². The molecule has 0 spiro atoms. The smallest absolute Gasteiger partial charge is 0.214 e. The molecule has 0 N–H and O–H groups in total. The minimum Gasteiger partial charge on any atom is -0.371 e. The van der Waals surface area contributed by atoms with Gasteiger partial charge in [0.15, 0.2) is 0 Å². The lowest BCUT2D eigenvalue weighted by Gasteiger charge is -2.32. The van der Waals surface area contributed by atoms with Crippen LogP contribution in [0, 0.1) is 0 Å². The fraction of sp³-hybridized carbons (Fsp3) is 0.538. The summed E-state index contributed by atoms with van der Waals surface area (Å²) < 4.78 is 31.3. The molecule has 0 radical (unpaired) electrons. The van der Waals surface area contributed by atoms with Gasteiger partial charge in [-0.3, -0.25) is 0 Å². The number of sulfonamides is 1. The molecule has 1 fully saturated rings. The van der Waals surface area contributed by atoms with Crippen LogP contribution in [0.5, 0.6) is 0 Å². The first kappa shape index (κ1) is 14.8. The molecule has 1 unspecified atom stereocenters. The largest absolute Gasteiger partial charge is 0.371 e. The Hall–Kier alpha value is -0.620. The number of ether oxygens (including phenoxy) is 1. The number of rotatable bonds is 4. The maximum atomic E-state index is 12.1. The zero-order chi connectivity index (χ0) is 13.9. The Balaban J connectivity index is 2.11. The third kappa shape index (κ3) is 3.69. The maximum Gasteiger partial charge on any atom is 0.214 e. The van der Waals surface area contributed by atoms with Gasteiger partial charge in [-0.15, -0.1) is 0 Å². The lowest BCUT2D eigenvalue weighted by Crippen LogP contribution is -2.43. The molecule has 1 saturated heterocycles. The molecule has 1 aliphatic heterocycles. The van der Waals surface area contributed by atoms with E-state index in [2.05, 4.69) is 0 Å². The predicted octanol–water partition coefficient (Wildman–Crippen LogP) is 2.45. The average molecular weight is 304 g/mol. The van der Waals surface area contributed by atoms with E-state index in [1.807, 2.05) is 19.1 Å². The molecule has 1 aromatic carbocycles. The van der Waals surface area contributed by atoms with Crippen LogP contribution in [0.2, 0.25) is 5.02 Å². The highest BCUT2D eigenvalue weighted by molar-refractivity contribution is 7.89. The number of hydrogen-bond acceptors (Lipinski definition) is 3. The highest BCUT2D eigenvalue weighted by Gasteiger charge is 2.29. The van der Waals surface area contributed by atoms with Crippen molar-refractivity contribution in [3.05, 3.63) is 34.9 Å². The van der Waals surface area contributed by atoms with Crippen molar-refractivity contribution in [2.45, 2.75) is 19.4 Å². The van der Waals surface area contributed by atoms with Crippen LogP contribution in [0.15, 0.2) is 24.3 Å². The molecule has 6 heteroatoms. The van der Waals surface area contributed by atoms with Gasteiger partial charge in [-0.2, -0.15) is 4.31 Å². The van der Waals surface area contributed by atoms with E-state index in [1.54, 1.807) is 12.1 Å². The van der Waals surface area contributed by atoms with Crippen molar-refractivity contribution < 1.29 is 13.2 Å². The highest BCUT2D eigenvalue weighted by Crippen LogP contribution is 2.25. The zero-order valence-electron chi connectivity index (χ0n) is 10.9. The molecule has 0 aromatic heterocycles. The van der Waals surface area contributed by atoms with Gasteiger partial charge in [-0.25, -0.2) is 8.42 Å². The Labute approximate surface area is 119 Å². The maximum absolute atomic E-state index is 12.1. The van der Waals surface area contributed by atoms with E-state index in [4.69, 9.17) is 16.3 Å². The monoisotopic (exact) mass is 303 g/mol. The fourth-order valence-corrected chi connectivity index (χ4v) is 3.76. The number of hydrogen-bond donors (Lipinski definition) is 0. The van der Waals surface area contributed by atoms with Gasteiger partial charge in [0.1, 0.15) is 0 Å². The second-order valence-electron chi connectivity index (χ2n) is 4.59. The topological polar surface area (TPSA) is 46.6 Å². The van der Waals surface area contributed by atoms with Crippen LogP contribution in [-0.2, 0) is 14.8 Å². The highest BCUT2D eigenvalue weighted by atomic mass is 35.5. The molecule has 0 bridgehead atoms. The van der Waals surface area contributed by atoms with E-state index < -0.39 is 10.0 Å². The fourth-order valence-electron chi connectivity index (χ4n) is 2.14. The standard InChI is InChI=1S/C13H18ClNO3S/c1-2-9-19(16,17)15-7-8-18-13(10-15)11-3-5-12(14)6-4-11/h3-6,13H,2,7-10H2,1H3.